The summed E-state index contributed by atoms with van der Waals surface area (Å²) in [5, 5.41) is 0. The van der Waals surface area contributed by atoms with Gasteiger partial charge < -0.3 is 4.74 Å². The van der Waals surface area contributed by atoms with Crippen LogP contribution in [0.3, 0.4) is 0 Å². The van der Waals surface area contributed by atoms with E-state index >= 15 is 0 Å². The van der Waals surface area contributed by atoms with Crippen LogP contribution in [-0.4, -0.2) is 12.1 Å². The molecule has 1 rings (SSSR count). The smallest absolute Gasteiger partial charge is 0.306 e. The lowest BCUT2D eigenvalue weighted by atomic mass is 10.3. The van der Waals surface area contributed by atoms with E-state index in [-0.39, 0.29) is 12.1 Å². The second-order valence-electron chi connectivity index (χ2n) is 1.84. The fourth-order valence-corrected chi connectivity index (χ4v) is 0.663. The maximum absolute atomic E-state index is 10.2. The van der Waals surface area contributed by atoms with Gasteiger partial charge in [0.1, 0.15) is 0 Å². The molecular formula is C7H14O2. The second kappa shape index (κ2) is 4.36. The van der Waals surface area contributed by atoms with Crippen LogP contribution in [0.4, 0.5) is 0 Å². The maximum Gasteiger partial charge on any atom is 0.306 e. The van der Waals surface area contributed by atoms with Gasteiger partial charge in [0, 0.05) is 6.42 Å². The lowest BCUT2D eigenvalue weighted by Gasteiger charge is -1.95. The van der Waals surface area contributed by atoms with E-state index in [0.29, 0.717) is 6.42 Å². The summed E-state index contributed by atoms with van der Waals surface area (Å²) >= 11 is 0. The fraction of sp³-hybridized carbons (Fsp3) is 0.857. The monoisotopic (exact) mass is 130 g/mol. The van der Waals surface area contributed by atoms with Crippen molar-refractivity contribution in [3.63, 3.8) is 0 Å². The SMILES string of the molecule is CC.C[C@@H]1CCC(=O)O1. The molecule has 1 heterocycles. The standard InChI is InChI=1S/C5H8O2.C2H6/c1-4-2-3-5(6)7-4;1-2/h4H,2-3H2,1H3;1-2H3/t4-;/m1./s1. The zero-order valence-electron chi connectivity index (χ0n) is 6.31. The number of hydrogen-bond donors (Lipinski definition) is 0. The average molecular weight is 130 g/mol. The number of carbonyl (C=O) groups is 1. The summed E-state index contributed by atoms with van der Waals surface area (Å²) < 4.78 is 4.72. The van der Waals surface area contributed by atoms with Crippen molar-refractivity contribution >= 4 is 5.97 Å². The molecule has 1 aliphatic heterocycles. The van der Waals surface area contributed by atoms with Crippen molar-refractivity contribution in [3.8, 4) is 0 Å². The van der Waals surface area contributed by atoms with E-state index in [2.05, 4.69) is 0 Å². The molecule has 0 aromatic heterocycles. The van der Waals surface area contributed by atoms with Crippen LogP contribution in [0, 0.1) is 0 Å². The summed E-state index contributed by atoms with van der Waals surface area (Å²) in [5.74, 6) is -0.0486. The van der Waals surface area contributed by atoms with Gasteiger partial charge in [-0.2, -0.15) is 0 Å². The molecule has 9 heavy (non-hydrogen) atoms. The highest BCUT2D eigenvalue weighted by Crippen LogP contribution is 2.11. The molecule has 0 unspecified atom stereocenters. The molecule has 54 valence electrons. The molecule has 0 radical (unpaired) electrons. The Bertz CT molecular complexity index is 88.9. The van der Waals surface area contributed by atoms with Gasteiger partial charge >= 0.3 is 5.97 Å². The van der Waals surface area contributed by atoms with Gasteiger partial charge in [0.2, 0.25) is 0 Å². The molecule has 0 N–H and O–H groups in total. The minimum atomic E-state index is -0.0486. The van der Waals surface area contributed by atoms with Crippen LogP contribution in [0.5, 0.6) is 0 Å². The number of hydrogen-bond acceptors (Lipinski definition) is 2. The highest BCUT2D eigenvalue weighted by molar-refractivity contribution is 5.71. The Balaban J connectivity index is 0.000000291. The molecule has 0 aromatic carbocycles. The van der Waals surface area contributed by atoms with Gasteiger partial charge in [0.15, 0.2) is 0 Å². The van der Waals surface area contributed by atoms with Crippen molar-refractivity contribution in [2.24, 2.45) is 0 Å². The molecule has 2 nitrogen and oxygen atoms in total. The van der Waals surface area contributed by atoms with Gasteiger partial charge in [-0.3, -0.25) is 4.79 Å². The summed E-state index contributed by atoms with van der Waals surface area (Å²) in [7, 11) is 0. The fourth-order valence-electron chi connectivity index (χ4n) is 0.663. The molecule has 0 spiro atoms. The Morgan fingerprint density at radius 1 is 1.56 bits per heavy atom. The topological polar surface area (TPSA) is 26.3 Å². The number of cyclic esters (lactones) is 1. The van der Waals surface area contributed by atoms with E-state index in [9.17, 15) is 4.79 Å². The van der Waals surface area contributed by atoms with E-state index in [1.807, 2.05) is 20.8 Å². The van der Waals surface area contributed by atoms with Gasteiger partial charge in [0.25, 0.3) is 0 Å². The van der Waals surface area contributed by atoms with Crippen LogP contribution < -0.4 is 0 Å². The van der Waals surface area contributed by atoms with Crippen molar-refractivity contribution in [1.29, 1.82) is 0 Å². The Morgan fingerprint density at radius 3 is 2.22 bits per heavy atom. The minimum Gasteiger partial charge on any atom is -0.463 e. The van der Waals surface area contributed by atoms with Crippen molar-refractivity contribution < 1.29 is 9.53 Å². The normalized spacial score (nSPS) is 24.3. The first-order valence-corrected chi connectivity index (χ1v) is 3.48. The Hall–Kier alpha value is -0.530. The van der Waals surface area contributed by atoms with Crippen molar-refractivity contribution in [3.05, 3.63) is 0 Å². The van der Waals surface area contributed by atoms with E-state index in [4.69, 9.17) is 4.74 Å². The largest absolute Gasteiger partial charge is 0.463 e. The Kier molecular flexibility index (Phi) is 4.10. The molecule has 0 aliphatic carbocycles. The van der Waals surface area contributed by atoms with Gasteiger partial charge in [-0.15, -0.1) is 0 Å². The van der Waals surface area contributed by atoms with Crippen molar-refractivity contribution in [1.82, 2.24) is 0 Å². The third-order valence-electron chi connectivity index (χ3n) is 1.09. The Labute approximate surface area is 56.2 Å². The van der Waals surface area contributed by atoms with Crippen LogP contribution >= 0.6 is 0 Å². The molecule has 0 bridgehead atoms. The predicted octanol–water partition coefficient (Wildman–Crippen LogP) is 1.74. The molecule has 0 amide bonds. The molecule has 2 heteroatoms. The first kappa shape index (κ1) is 8.47. The first-order valence-electron chi connectivity index (χ1n) is 3.48. The number of rotatable bonds is 0. The van der Waals surface area contributed by atoms with Gasteiger partial charge in [0.05, 0.1) is 6.10 Å². The van der Waals surface area contributed by atoms with E-state index < -0.39 is 0 Å². The van der Waals surface area contributed by atoms with Crippen LogP contribution in [0.15, 0.2) is 0 Å². The average Bonchev–Trinajstić information content (AvgIpc) is 2.20. The zero-order valence-corrected chi connectivity index (χ0v) is 6.31. The highest BCUT2D eigenvalue weighted by atomic mass is 16.5. The van der Waals surface area contributed by atoms with Gasteiger partial charge in [-0.25, -0.2) is 0 Å². The van der Waals surface area contributed by atoms with Gasteiger partial charge in [-0.1, -0.05) is 13.8 Å². The molecule has 1 atom stereocenters. The van der Waals surface area contributed by atoms with Crippen LogP contribution in [0.25, 0.3) is 0 Å². The third kappa shape index (κ3) is 3.12. The Morgan fingerprint density at radius 2 is 2.11 bits per heavy atom. The molecule has 0 saturated carbocycles. The third-order valence-corrected chi connectivity index (χ3v) is 1.09. The second-order valence-corrected chi connectivity index (χ2v) is 1.84. The summed E-state index contributed by atoms with van der Waals surface area (Å²) in [6.07, 6.45) is 1.69. The molecular weight excluding hydrogens is 116 g/mol. The summed E-state index contributed by atoms with van der Waals surface area (Å²) in [4.78, 5) is 10.2. The van der Waals surface area contributed by atoms with Gasteiger partial charge in [-0.05, 0) is 13.3 Å². The quantitative estimate of drug-likeness (QED) is 0.467. The summed E-state index contributed by atoms with van der Waals surface area (Å²) in [6.45, 7) is 5.91. The summed E-state index contributed by atoms with van der Waals surface area (Å²) in [6, 6.07) is 0. The molecule has 1 fully saturated rings. The molecule has 1 saturated heterocycles. The number of ether oxygens (including phenoxy) is 1. The van der Waals surface area contributed by atoms with Crippen LogP contribution in [0.1, 0.15) is 33.6 Å². The maximum atomic E-state index is 10.2. The lowest BCUT2D eigenvalue weighted by Crippen LogP contribution is -1.98. The van der Waals surface area contributed by atoms with E-state index in [1.54, 1.807) is 0 Å². The predicted molar refractivity (Wildman–Crippen MR) is 36.1 cm³/mol. The first-order chi connectivity index (χ1) is 4.29. The van der Waals surface area contributed by atoms with Crippen LogP contribution in [0.2, 0.25) is 0 Å². The van der Waals surface area contributed by atoms with Crippen LogP contribution in [-0.2, 0) is 9.53 Å². The minimum absolute atomic E-state index is 0.0486. The number of carbonyl (C=O) groups excluding carboxylic acids is 1. The summed E-state index contributed by atoms with van der Waals surface area (Å²) in [5.41, 5.74) is 0. The van der Waals surface area contributed by atoms with Crippen molar-refractivity contribution in [2.75, 3.05) is 0 Å². The lowest BCUT2D eigenvalue weighted by molar-refractivity contribution is -0.140. The highest BCUT2D eigenvalue weighted by Gasteiger charge is 2.17. The number of esters is 1. The molecule has 1 aliphatic rings. The van der Waals surface area contributed by atoms with Crippen molar-refractivity contribution in [2.45, 2.75) is 39.7 Å². The van der Waals surface area contributed by atoms with E-state index in [0.717, 1.165) is 6.42 Å². The molecule has 0 aromatic rings. The zero-order chi connectivity index (χ0) is 7.28. The van der Waals surface area contributed by atoms with E-state index in [1.165, 1.54) is 0 Å².